The van der Waals surface area contributed by atoms with Gasteiger partial charge in [0.25, 0.3) is 0 Å². The molecule has 0 aliphatic carbocycles. The van der Waals surface area contributed by atoms with E-state index >= 15 is 0 Å². The maximum absolute atomic E-state index is 3.73. The topological polar surface area (TPSA) is 15.3 Å². The molecule has 0 amide bonds. The van der Waals surface area contributed by atoms with Crippen molar-refractivity contribution in [1.82, 2.24) is 5.32 Å². The first-order chi connectivity index (χ1) is 9.00. The fraction of sp³-hybridized carbons (Fsp3) is 0.625. The molecule has 1 fully saturated rings. The van der Waals surface area contributed by atoms with E-state index in [0.29, 0.717) is 23.9 Å². The van der Waals surface area contributed by atoms with Crippen LogP contribution in [0.1, 0.15) is 27.7 Å². The van der Waals surface area contributed by atoms with Gasteiger partial charge in [0.15, 0.2) is 0 Å². The van der Waals surface area contributed by atoms with Crippen molar-refractivity contribution in [1.29, 1.82) is 0 Å². The van der Waals surface area contributed by atoms with E-state index in [1.165, 1.54) is 9.26 Å². The number of benzene rings is 1. The molecule has 0 bridgehead atoms. The second-order valence-electron chi connectivity index (χ2n) is 6.17. The molecule has 3 heteroatoms. The maximum Gasteiger partial charge on any atom is 0.0505 e. The van der Waals surface area contributed by atoms with E-state index in [2.05, 4.69) is 84.8 Å². The molecule has 1 heterocycles. The van der Waals surface area contributed by atoms with Crippen LogP contribution in [0.4, 0.5) is 5.69 Å². The minimum absolute atomic E-state index is 0.589. The maximum atomic E-state index is 3.73. The highest BCUT2D eigenvalue weighted by molar-refractivity contribution is 14.1. The van der Waals surface area contributed by atoms with Gasteiger partial charge in [0.05, 0.1) is 5.69 Å². The van der Waals surface area contributed by atoms with Crippen LogP contribution in [0.25, 0.3) is 0 Å². The van der Waals surface area contributed by atoms with Gasteiger partial charge in [-0.05, 0) is 46.6 Å². The Labute approximate surface area is 131 Å². The summed E-state index contributed by atoms with van der Waals surface area (Å²) in [6, 6.07) is 9.93. The Bertz CT molecular complexity index is 417. The smallest absolute Gasteiger partial charge is 0.0505 e. The van der Waals surface area contributed by atoms with Crippen LogP contribution >= 0.6 is 22.6 Å². The van der Waals surface area contributed by atoms with E-state index in [9.17, 15) is 0 Å². The summed E-state index contributed by atoms with van der Waals surface area (Å²) in [5, 5.41) is 3.73. The Morgan fingerprint density at radius 3 is 2.42 bits per heavy atom. The van der Waals surface area contributed by atoms with Crippen molar-refractivity contribution in [3.05, 3.63) is 27.8 Å². The number of para-hydroxylation sites is 1. The van der Waals surface area contributed by atoms with Gasteiger partial charge in [-0.1, -0.05) is 39.8 Å². The first kappa shape index (κ1) is 15.1. The van der Waals surface area contributed by atoms with Gasteiger partial charge in [-0.2, -0.15) is 0 Å². The second-order valence-corrected chi connectivity index (χ2v) is 7.34. The molecule has 0 saturated carbocycles. The van der Waals surface area contributed by atoms with Crippen molar-refractivity contribution >= 4 is 28.3 Å². The van der Waals surface area contributed by atoms with Crippen LogP contribution in [-0.4, -0.2) is 25.2 Å². The fourth-order valence-electron chi connectivity index (χ4n) is 2.80. The third kappa shape index (κ3) is 3.43. The lowest BCUT2D eigenvalue weighted by atomic mass is 9.93. The summed E-state index contributed by atoms with van der Waals surface area (Å²) in [5.74, 6) is 1.34. The molecule has 2 atom stereocenters. The van der Waals surface area contributed by atoms with Gasteiger partial charge in [-0.15, -0.1) is 0 Å². The highest BCUT2D eigenvalue weighted by Gasteiger charge is 2.31. The first-order valence-electron chi connectivity index (χ1n) is 7.25. The van der Waals surface area contributed by atoms with Crippen molar-refractivity contribution in [3.63, 3.8) is 0 Å². The van der Waals surface area contributed by atoms with Crippen LogP contribution in [0.2, 0.25) is 0 Å². The number of anilines is 1. The third-order valence-electron chi connectivity index (χ3n) is 4.12. The molecule has 106 valence electrons. The second kappa shape index (κ2) is 6.44. The molecule has 0 radical (unpaired) electrons. The molecule has 1 aromatic rings. The molecule has 1 saturated heterocycles. The number of nitrogens with zero attached hydrogens (tertiary/aromatic N) is 1. The zero-order chi connectivity index (χ0) is 14.0. The number of halogens is 1. The average Bonchev–Trinajstić information content (AvgIpc) is 2.38. The van der Waals surface area contributed by atoms with Crippen LogP contribution in [0, 0.1) is 15.4 Å². The van der Waals surface area contributed by atoms with E-state index in [0.717, 1.165) is 13.1 Å². The van der Waals surface area contributed by atoms with Crippen molar-refractivity contribution < 1.29 is 0 Å². The van der Waals surface area contributed by atoms with Crippen molar-refractivity contribution in [3.8, 4) is 0 Å². The third-order valence-corrected chi connectivity index (χ3v) is 5.03. The normalized spacial score (nSPS) is 24.3. The van der Waals surface area contributed by atoms with E-state index in [1.54, 1.807) is 0 Å². The van der Waals surface area contributed by atoms with Crippen LogP contribution < -0.4 is 10.2 Å². The molecule has 1 aliphatic rings. The fourth-order valence-corrected chi connectivity index (χ4v) is 3.50. The predicted octanol–water partition coefficient (Wildman–Crippen LogP) is 3.75. The first-order valence-corrected chi connectivity index (χ1v) is 8.33. The number of piperazine rings is 1. The largest absolute Gasteiger partial charge is 0.365 e. The van der Waals surface area contributed by atoms with Crippen molar-refractivity contribution in [2.45, 2.75) is 39.8 Å². The molecule has 1 aliphatic heterocycles. The number of rotatable bonds is 3. The van der Waals surface area contributed by atoms with Gasteiger partial charge in [0, 0.05) is 28.7 Å². The van der Waals surface area contributed by atoms with Crippen LogP contribution in [0.3, 0.4) is 0 Å². The van der Waals surface area contributed by atoms with Gasteiger partial charge in [-0.25, -0.2) is 0 Å². The SMILES string of the molecule is CC(C)C1CN(c2ccccc2I)C(C(C)C)CN1. The molecule has 19 heavy (non-hydrogen) atoms. The number of nitrogens with one attached hydrogen (secondary N) is 1. The zero-order valence-corrected chi connectivity index (χ0v) is 14.5. The molecule has 1 aromatic carbocycles. The zero-order valence-electron chi connectivity index (χ0n) is 12.4. The highest BCUT2D eigenvalue weighted by Crippen LogP contribution is 2.29. The molecular weight excluding hydrogens is 347 g/mol. The molecule has 2 nitrogen and oxygen atoms in total. The Morgan fingerprint density at radius 2 is 1.84 bits per heavy atom. The van der Waals surface area contributed by atoms with Crippen molar-refractivity contribution in [2.24, 2.45) is 11.8 Å². The van der Waals surface area contributed by atoms with Crippen molar-refractivity contribution in [2.75, 3.05) is 18.0 Å². The molecular formula is C16H25IN2. The number of hydrogen-bond donors (Lipinski definition) is 1. The molecule has 1 N–H and O–H groups in total. The van der Waals surface area contributed by atoms with Crippen LogP contribution in [-0.2, 0) is 0 Å². The summed E-state index contributed by atoms with van der Waals surface area (Å²) in [4.78, 5) is 2.62. The standard InChI is InChI=1S/C16H25IN2/c1-11(2)14-10-19(16(9-18-14)12(3)4)15-8-6-5-7-13(15)17/h5-8,11-12,14,16,18H,9-10H2,1-4H3. The molecule has 2 unspecified atom stereocenters. The Balaban J connectivity index is 2.28. The lowest BCUT2D eigenvalue weighted by Gasteiger charge is -2.45. The summed E-state index contributed by atoms with van der Waals surface area (Å²) in [6.45, 7) is 11.5. The summed E-state index contributed by atoms with van der Waals surface area (Å²) in [7, 11) is 0. The Hall–Kier alpha value is -0.290. The molecule has 0 aromatic heterocycles. The van der Waals surface area contributed by atoms with E-state index in [4.69, 9.17) is 0 Å². The molecule has 2 rings (SSSR count). The summed E-state index contributed by atoms with van der Waals surface area (Å²) in [6.07, 6.45) is 0. The van der Waals surface area contributed by atoms with E-state index < -0.39 is 0 Å². The summed E-state index contributed by atoms with van der Waals surface area (Å²) >= 11 is 2.46. The summed E-state index contributed by atoms with van der Waals surface area (Å²) in [5.41, 5.74) is 1.40. The highest BCUT2D eigenvalue weighted by atomic mass is 127. The lowest BCUT2D eigenvalue weighted by Crippen LogP contribution is -2.60. The van der Waals surface area contributed by atoms with Gasteiger partial charge in [-0.3, -0.25) is 0 Å². The van der Waals surface area contributed by atoms with Gasteiger partial charge < -0.3 is 10.2 Å². The van der Waals surface area contributed by atoms with Crippen LogP contribution in [0.15, 0.2) is 24.3 Å². The number of hydrogen-bond acceptors (Lipinski definition) is 2. The Kier molecular flexibility index (Phi) is 5.12. The summed E-state index contributed by atoms with van der Waals surface area (Å²) < 4.78 is 1.36. The molecule has 0 spiro atoms. The minimum atomic E-state index is 0.589. The van der Waals surface area contributed by atoms with Crippen LogP contribution in [0.5, 0.6) is 0 Å². The monoisotopic (exact) mass is 372 g/mol. The Morgan fingerprint density at radius 1 is 1.16 bits per heavy atom. The minimum Gasteiger partial charge on any atom is -0.365 e. The quantitative estimate of drug-likeness (QED) is 0.813. The van der Waals surface area contributed by atoms with E-state index in [1.807, 2.05) is 0 Å². The predicted molar refractivity (Wildman–Crippen MR) is 91.8 cm³/mol. The van der Waals surface area contributed by atoms with Gasteiger partial charge in [0.1, 0.15) is 0 Å². The van der Waals surface area contributed by atoms with Gasteiger partial charge in [0.2, 0.25) is 0 Å². The van der Waals surface area contributed by atoms with E-state index in [-0.39, 0.29) is 0 Å². The van der Waals surface area contributed by atoms with Gasteiger partial charge >= 0.3 is 0 Å². The average molecular weight is 372 g/mol. The lowest BCUT2D eigenvalue weighted by molar-refractivity contribution is 0.295.